The molecule has 1 rings (SSSR count). The van der Waals surface area contributed by atoms with Crippen LogP contribution in [0.2, 0.25) is 0 Å². The zero-order chi connectivity index (χ0) is 12.8. The lowest BCUT2D eigenvalue weighted by molar-refractivity contribution is -0.120. The molecule has 0 atom stereocenters. The monoisotopic (exact) mass is 297 g/mol. The van der Waals surface area contributed by atoms with E-state index in [1.807, 2.05) is 25.1 Å². The van der Waals surface area contributed by atoms with Crippen LogP contribution < -0.4 is 10.1 Å². The van der Waals surface area contributed by atoms with Crippen molar-refractivity contribution in [2.24, 2.45) is 0 Å². The smallest absolute Gasteiger partial charge is 0.224 e. The highest BCUT2D eigenvalue weighted by Crippen LogP contribution is 2.19. The summed E-state index contributed by atoms with van der Waals surface area (Å²) in [5, 5.41) is 2.76. The second-order valence-corrected chi connectivity index (χ2v) is 4.90. The van der Waals surface area contributed by atoms with Crippen molar-refractivity contribution in [3.63, 3.8) is 0 Å². The van der Waals surface area contributed by atoms with Crippen LogP contribution in [0.15, 0.2) is 29.3 Å². The van der Waals surface area contributed by atoms with Crippen LogP contribution >= 0.6 is 15.9 Å². The molecule has 0 aromatic heterocycles. The Labute approximate surface area is 110 Å². The Morgan fingerprint density at radius 2 is 2.24 bits per heavy atom. The van der Waals surface area contributed by atoms with E-state index < -0.39 is 0 Å². The molecule has 0 unspecified atom stereocenters. The summed E-state index contributed by atoms with van der Waals surface area (Å²) >= 11 is 3.19. The molecule has 0 radical (unpaired) electrons. The Balaban J connectivity index is 2.62. The number of nitrogens with one attached hydrogen (secondary N) is 1. The predicted molar refractivity (Wildman–Crippen MR) is 72.5 cm³/mol. The molecule has 0 saturated carbocycles. The van der Waals surface area contributed by atoms with Gasteiger partial charge in [0, 0.05) is 11.0 Å². The number of methoxy groups -OCH3 is 1. The quantitative estimate of drug-likeness (QED) is 0.907. The first-order chi connectivity index (χ1) is 8.02. The van der Waals surface area contributed by atoms with Gasteiger partial charge in [-0.3, -0.25) is 4.79 Å². The van der Waals surface area contributed by atoms with Crippen molar-refractivity contribution in [3.8, 4) is 5.75 Å². The molecule has 3 nitrogen and oxygen atoms in total. The van der Waals surface area contributed by atoms with Crippen molar-refractivity contribution in [3.05, 3.63) is 40.4 Å². The lowest BCUT2D eigenvalue weighted by atomic mass is 10.1. The van der Waals surface area contributed by atoms with Gasteiger partial charge in [0.05, 0.1) is 13.5 Å². The van der Waals surface area contributed by atoms with Gasteiger partial charge in [0.1, 0.15) is 5.75 Å². The van der Waals surface area contributed by atoms with E-state index in [0.717, 1.165) is 21.4 Å². The van der Waals surface area contributed by atoms with Gasteiger partial charge in [0.25, 0.3) is 0 Å². The van der Waals surface area contributed by atoms with Crippen LogP contribution in [0.5, 0.6) is 5.75 Å². The number of amides is 1. The molecule has 0 aliphatic heterocycles. The standard InChI is InChI=1S/C13H16BrNO2/c1-9-4-5-11(6-12(9)17-3)7-13(16)15-8-10(2)14/h4-6H,2,7-8H2,1,3H3,(H,15,16). The van der Waals surface area contributed by atoms with Crippen LogP contribution in [0.25, 0.3) is 0 Å². The molecular weight excluding hydrogens is 282 g/mol. The first-order valence-corrected chi connectivity index (χ1v) is 6.05. The summed E-state index contributed by atoms with van der Waals surface area (Å²) in [6.45, 7) is 6.07. The molecule has 0 spiro atoms. The largest absolute Gasteiger partial charge is 0.496 e. The van der Waals surface area contributed by atoms with E-state index in [-0.39, 0.29) is 5.91 Å². The van der Waals surface area contributed by atoms with Crippen molar-refractivity contribution in [1.29, 1.82) is 0 Å². The molecule has 0 saturated heterocycles. The zero-order valence-electron chi connectivity index (χ0n) is 10.0. The SMILES string of the molecule is C=C(Br)CNC(=O)Cc1ccc(C)c(OC)c1. The van der Waals surface area contributed by atoms with Crippen LogP contribution in [0, 0.1) is 6.92 Å². The third-order valence-corrected chi connectivity index (χ3v) is 2.59. The number of aryl methyl sites for hydroxylation is 1. The summed E-state index contributed by atoms with van der Waals surface area (Å²) in [5.74, 6) is 0.775. The first kappa shape index (κ1) is 13.8. The summed E-state index contributed by atoms with van der Waals surface area (Å²) < 4.78 is 5.97. The fraction of sp³-hybridized carbons (Fsp3) is 0.308. The molecule has 1 aromatic rings. The van der Waals surface area contributed by atoms with Crippen molar-refractivity contribution in [2.75, 3.05) is 13.7 Å². The fourth-order valence-electron chi connectivity index (χ4n) is 1.42. The van der Waals surface area contributed by atoms with Crippen LogP contribution in [0.4, 0.5) is 0 Å². The van der Waals surface area contributed by atoms with Crippen LogP contribution in [-0.2, 0) is 11.2 Å². The van der Waals surface area contributed by atoms with Gasteiger partial charge in [-0.15, -0.1) is 0 Å². The van der Waals surface area contributed by atoms with Gasteiger partial charge in [-0.1, -0.05) is 34.6 Å². The Morgan fingerprint density at radius 1 is 1.53 bits per heavy atom. The van der Waals surface area contributed by atoms with E-state index >= 15 is 0 Å². The minimum atomic E-state index is -0.0310. The summed E-state index contributed by atoms with van der Waals surface area (Å²) in [6.07, 6.45) is 0.344. The Morgan fingerprint density at radius 3 is 2.82 bits per heavy atom. The molecule has 0 aliphatic carbocycles. The molecule has 0 bridgehead atoms. The fourth-order valence-corrected chi connectivity index (χ4v) is 1.56. The average molecular weight is 298 g/mol. The van der Waals surface area contributed by atoms with Gasteiger partial charge in [-0.25, -0.2) is 0 Å². The third-order valence-electron chi connectivity index (χ3n) is 2.31. The molecule has 1 N–H and O–H groups in total. The van der Waals surface area contributed by atoms with Crippen LogP contribution in [-0.4, -0.2) is 19.6 Å². The van der Waals surface area contributed by atoms with Crippen LogP contribution in [0.1, 0.15) is 11.1 Å². The summed E-state index contributed by atoms with van der Waals surface area (Å²) in [7, 11) is 1.63. The number of hydrogen-bond donors (Lipinski definition) is 1. The normalized spacial score (nSPS) is 9.82. The number of carbonyl (C=O) groups is 1. The van der Waals surface area contributed by atoms with Crippen molar-refractivity contribution in [2.45, 2.75) is 13.3 Å². The highest BCUT2D eigenvalue weighted by atomic mass is 79.9. The maximum atomic E-state index is 11.6. The van der Waals surface area contributed by atoms with E-state index in [1.54, 1.807) is 7.11 Å². The highest BCUT2D eigenvalue weighted by Gasteiger charge is 2.05. The first-order valence-electron chi connectivity index (χ1n) is 5.26. The van der Waals surface area contributed by atoms with Gasteiger partial charge in [0.2, 0.25) is 5.91 Å². The maximum Gasteiger partial charge on any atom is 0.224 e. The van der Waals surface area contributed by atoms with E-state index in [4.69, 9.17) is 4.74 Å². The molecular formula is C13H16BrNO2. The Bertz CT molecular complexity index is 429. The van der Waals surface area contributed by atoms with Crippen LogP contribution in [0.3, 0.4) is 0 Å². The third kappa shape index (κ3) is 4.61. The number of benzene rings is 1. The zero-order valence-corrected chi connectivity index (χ0v) is 11.6. The minimum Gasteiger partial charge on any atom is -0.496 e. The Kier molecular flexibility index (Phi) is 5.22. The Hall–Kier alpha value is -1.29. The van der Waals surface area contributed by atoms with Gasteiger partial charge in [-0.05, 0) is 24.1 Å². The van der Waals surface area contributed by atoms with E-state index in [0.29, 0.717) is 13.0 Å². The lowest BCUT2D eigenvalue weighted by Crippen LogP contribution is -2.26. The second kappa shape index (κ2) is 6.45. The van der Waals surface area contributed by atoms with E-state index in [2.05, 4.69) is 27.8 Å². The second-order valence-electron chi connectivity index (χ2n) is 3.77. The molecule has 0 fully saturated rings. The number of ether oxygens (including phenoxy) is 1. The number of hydrogen-bond acceptors (Lipinski definition) is 2. The molecule has 0 heterocycles. The van der Waals surface area contributed by atoms with Gasteiger partial charge >= 0.3 is 0 Å². The number of halogens is 1. The van der Waals surface area contributed by atoms with Gasteiger partial charge < -0.3 is 10.1 Å². The highest BCUT2D eigenvalue weighted by molar-refractivity contribution is 9.11. The van der Waals surface area contributed by atoms with E-state index in [1.165, 1.54) is 0 Å². The minimum absolute atomic E-state index is 0.0310. The lowest BCUT2D eigenvalue weighted by Gasteiger charge is -2.08. The van der Waals surface area contributed by atoms with Crippen molar-refractivity contribution >= 4 is 21.8 Å². The average Bonchev–Trinajstić information content (AvgIpc) is 2.29. The number of rotatable bonds is 5. The van der Waals surface area contributed by atoms with Gasteiger partial charge in [0.15, 0.2) is 0 Å². The van der Waals surface area contributed by atoms with Crippen molar-refractivity contribution in [1.82, 2.24) is 5.32 Å². The maximum absolute atomic E-state index is 11.6. The summed E-state index contributed by atoms with van der Waals surface area (Å²) in [6, 6.07) is 5.77. The molecule has 0 aliphatic rings. The summed E-state index contributed by atoms with van der Waals surface area (Å²) in [4.78, 5) is 11.6. The molecule has 1 aromatic carbocycles. The predicted octanol–water partition coefficient (Wildman–Crippen LogP) is 2.57. The molecule has 4 heteroatoms. The van der Waals surface area contributed by atoms with Crippen molar-refractivity contribution < 1.29 is 9.53 Å². The molecule has 17 heavy (non-hydrogen) atoms. The number of carbonyl (C=O) groups excluding carboxylic acids is 1. The van der Waals surface area contributed by atoms with E-state index in [9.17, 15) is 4.79 Å². The summed E-state index contributed by atoms with van der Waals surface area (Å²) in [5.41, 5.74) is 2.00. The topological polar surface area (TPSA) is 38.3 Å². The molecule has 1 amide bonds. The molecule has 92 valence electrons. The van der Waals surface area contributed by atoms with Gasteiger partial charge in [-0.2, -0.15) is 0 Å².